The number of benzene rings is 2. The van der Waals surface area contributed by atoms with E-state index in [9.17, 15) is 4.79 Å². The standard InChI is InChI=1S/C22H27NO3S/c1-25-18-11-16(12-19(13-18)26-2)14-23-10-6-7-17(15-23)22(24)20-8-4-5-9-21(20)27-3/h4-5,8-9,11-13,17H,6-7,10,14-15H2,1-3H3/t17-/m1/s1. The number of ketones is 1. The first-order valence-corrected chi connectivity index (χ1v) is 10.5. The van der Waals surface area contributed by atoms with Crippen molar-refractivity contribution in [1.29, 1.82) is 0 Å². The van der Waals surface area contributed by atoms with Gasteiger partial charge >= 0.3 is 0 Å². The average molecular weight is 386 g/mol. The molecule has 1 heterocycles. The number of likely N-dealkylation sites (tertiary alicyclic amines) is 1. The smallest absolute Gasteiger partial charge is 0.168 e. The molecule has 0 spiro atoms. The average Bonchev–Trinajstić information content (AvgIpc) is 2.73. The largest absolute Gasteiger partial charge is 0.497 e. The number of piperidine rings is 1. The maximum Gasteiger partial charge on any atom is 0.168 e. The van der Waals surface area contributed by atoms with Crippen LogP contribution in [0.15, 0.2) is 47.4 Å². The number of carbonyl (C=O) groups is 1. The van der Waals surface area contributed by atoms with E-state index in [2.05, 4.69) is 4.90 Å². The maximum atomic E-state index is 13.1. The molecule has 1 atom stereocenters. The fraction of sp³-hybridized carbons (Fsp3) is 0.409. The van der Waals surface area contributed by atoms with Gasteiger partial charge in [0.05, 0.1) is 14.2 Å². The summed E-state index contributed by atoms with van der Waals surface area (Å²) in [6, 6.07) is 13.9. The van der Waals surface area contributed by atoms with Gasteiger partial charge in [-0.15, -0.1) is 11.8 Å². The molecule has 2 aromatic rings. The van der Waals surface area contributed by atoms with Crippen LogP contribution in [0.4, 0.5) is 0 Å². The molecular formula is C22H27NO3S. The van der Waals surface area contributed by atoms with E-state index in [1.54, 1.807) is 26.0 Å². The minimum Gasteiger partial charge on any atom is -0.497 e. The topological polar surface area (TPSA) is 38.8 Å². The van der Waals surface area contributed by atoms with E-state index >= 15 is 0 Å². The summed E-state index contributed by atoms with van der Waals surface area (Å²) in [5, 5.41) is 0. The minimum absolute atomic E-state index is 0.0551. The molecule has 1 saturated heterocycles. The molecule has 0 aromatic heterocycles. The Labute approximate surface area is 165 Å². The highest BCUT2D eigenvalue weighted by molar-refractivity contribution is 7.98. The highest BCUT2D eigenvalue weighted by atomic mass is 32.2. The van der Waals surface area contributed by atoms with E-state index in [1.165, 1.54) is 0 Å². The molecule has 144 valence electrons. The lowest BCUT2D eigenvalue weighted by molar-refractivity contribution is 0.0808. The van der Waals surface area contributed by atoms with Crippen LogP contribution in [-0.2, 0) is 6.54 Å². The Bertz CT molecular complexity index is 771. The number of thioether (sulfide) groups is 1. The molecule has 3 rings (SSSR count). The zero-order valence-electron chi connectivity index (χ0n) is 16.2. The second-order valence-electron chi connectivity index (χ2n) is 6.86. The highest BCUT2D eigenvalue weighted by Gasteiger charge is 2.27. The van der Waals surface area contributed by atoms with Crippen LogP contribution in [0.2, 0.25) is 0 Å². The first kappa shape index (κ1) is 19.8. The van der Waals surface area contributed by atoms with Gasteiger partial charge in [0, 0.05) is 35.5 Å². The predicted octanol–water partition coefficient (Wildman–Crippen LogP) is 4.52. The SMILES string of the molecule is COc1cc(CN2CCC[C@@H](C(=O)c3ccccc3SC)C2)cc(OC)c1. The molecular weight excluding hydrogens is 358 g/mol. The molecule has 0 N–H and O–H groups in total. The van der Waals surface area contributed by atoms with Gasteiger partial charge in [0.25, 0.3) is 0 Å². The van der Waals surface area contributed by atoms with Crippen molar-refractivity contribution in [3.05, 3.63) is 53.6 Å². The summed E-state index contributed by atoms with van der Waals surface area (Å²) in [6.07, 6.45) is 4.02. The summed E-state index contributed by atoms with van der Waals surface area (Å²) in [5.41, 5.74) is 2.00. The second kappa shape index (κ2) is 9.29. The van der Waals surface area contributed by atoms with Crippen molar-refractivity contribution in [3.63, 3.8) is 0 Å². The molecule has 0 saturated carbocycles. The summed E-state index contributed by atoms with van der Waals surface area (Å²) >= 11 is 1.64. The fourth-order valence-electron chi connectivity index (χ4n) is 3.70. The number of hydrogen-bond donors (Lipinski definition) is 0. The number of methoxy groups -OCH3 is 2. The quantitative estimate of drug-likeness (QED) is 0.517. The Hall–Kier alpha value is -1.98. The lowest BCUT2D eigenvalue weighted by Gasteiger charge is -2.32. The molecule has 0 bridgehead atoms. The lowest BCUT2D eigenvalue weighted by atomic mass is 9.89. The molecule has 5 heteroatoms. The Balaban J connectivity index is 1.72. The van der Waals surface area contributed by atoms with Crippen molar-refractivity contribution in [3.8, 4) is 11.5 Å². The van der Waals surface area contributed by atoms with Gasteiger partial charge in [-0.25, -0.2) is 0 Å². The van der Waals surface area contributed by atoms with E-state index in [1.807, 2.05) is 48.7 Å². The predicted molar refractivity (Wildman–Crippen MR) is 110 cm³/mol. The summed E-state index contributed by atoms with van der Waals surface area (Å²) < 4.78 is 10.7. The second-order valence-corrected chi connectivity index (χ2v) is 7.71. The molecule has 0 amide bonds. The number of hydrogen-bond acceptors (Lipinski definition) is 5. The Morgan fingerprint density at radius 2 is 1.85 bits per heavy atom. The number of Topliss-reactive ketones (excluding diaryl/α,β-unsaturated/α-hetero) is 1. The van der Waals surface area contributed by atoms with Crippen molar-refractivity contribution >= 4 is 17.5 Å². The first-order chi connectivity index (χ1) is 13.1. The number of ether oxygens (including phenoxy) is 2. The number of carbonyl (C=O) groups excluding carboxylic acids is 1. The minimum atomic E-state index is 0.0551. The zero-order valence-corrected chi connectivity index (χ0v) is 17.1. The van der Waals surface area contributed by atoms with E-state index in [0.717, 1.165) is 60.0 Å². The van der Waals surface area contributed by atoms with Gasteiger partial charge in [0.15, 0.2) is 5.78 Å². The monoisotopic (exact) mass is 385 g/mol. The van der Waals surface area contributed by atoms with Gasteiger partial charge in [0.1, 0.15) is 11.5 Å². The van der Waals surface area contributed by atoms with Crippen molar-refractivity contribution in [2.24, 2.45) is 5.92 Å². The van der Waals surface area contributed by atoms with Gasteiger partial charge < -0.3 is 9.47 Å². The van der Waals surface area contributed by atoms with Crippen LogP contribution in [0.25, 0.3) is 0 Å². The summed E-state index contributed by atoms with van der Waals surface area (Å²) in [5.74, 6) is 1.91. The normalized spacial score (nSPS) is 17.5. The highest BCUT2D eigenvalue weighted by Crippen LogP contribution is 2.28. The van der Waals surface area contributed by atoms with E-state index < -0.39 is 0 Å². The van der Waals surface area contributed by atoms with E-state index in [-0.39, 0.29) is 11.7 Å². The third-order valence-corrected chi connectivity index (χ3v) is 5.86. The Morgan fingerprint density at radius 3 is 2.52 bits per heavy atom. The van der Waals surface area contributed by atoms with Gasteiger partial charge in [-0.1, -0.05) is 18.2 Å². The molecule has 4 nitrogen and oxygen atoms in total. The van der Waals surface area contributed by atoms with Crippen LogP contribution in [0.5, 0.6) is 11.5 Å². The third kappa shape index (κ3) is 4.85. The van der Waals surface area contributed by atoms with E-state index in [0.29, 0.717) is 0 Å². The molecule has 0 unspecified atom stereocenters. The van der Waals surface area contributed by atoms with Crippen LogP contribution >= 0.6 is 11.8 Å². The van der Waals surface area contributed by atoms with Crippen LogP contribution in [-0.4, -0.2) is 44.2 Å². The van der Waals surface area contributed by atoms with Crippen LogP contribution in [0.3, 0.4) is 0 Å². The molecule has 0 aliphatic carbocycles. The van der Waals surface area contributed by atoms with Gasteiger partial charge in [0.2, 0.25) is 0 Å². The first-order valence-electron chi connectivity index (χ1n) is 9.26. The molecule has 27 heavy (non-hydrogen) atoms. The van der Waals surface area contributed by atoms with Gasteiger partial charge in [-0.05, 0) is 49.4 Å². The van der Waals surface area contributed by atoms with E-state index in [4.69, 9.17) is 9.47 Å². The Morgan fingerprint density at radius 1 is 1.15 bits per heavy atom. The number of nitrogens with zero attached hydrogens (tertiary/aromatic N) is 1. The van der Waals surface area contributed by atoms with Crippen molar-refractivity contribution < 1.29 is 14.3 Å². The molecule has 1 fully saturated rings. The van der Waals surface area contributed by atoms with Crippen LogP contribution in [0, 0.1) is 5.92 Å². The van der Waals surface area contributed by atoms with Crippen molar-refractivity contribution in [1.82, 2.24) is 4.90 Å². The third-order valence-electron chi connectivity index (χ3n) is 5.07. The number of rotatable bonds is 7. The van der Waals surface area contributed by atoms with Gasteiger partial charge in [-0.2, -0.15) is 0 Å². The fourth-order valence-corrected chi connectivity index (χ4v) is 4.30. The maximum absolute atomic E-state index is 13.1. The van der Waals surface area contributed by atoms with Crippen LogP contribution in [0.1, 0.15) is 28.8 Å². The van der Waals surface area contributed by atoms with Gasteiger partial charge in [-0.3, -0.25) is 9.69 Å². The summed E-state index contributed by atoms with van der Waals surface area (Å²) in [4.78, 5) is 16.5. The molecule has 1 aliphatic heterocycles. The zero-order chi connectivity index (χ0) is 19.2. The summed E-state index contributed by atoms with van der Waals surface area (Å²) in [7, 11) is 3.33. The van der Waals surface area contributed by atoms with Crippen molar-refractivity contribution in [2.45, 2.75) is 24.3 Å². The molecule has 2 aromatic carbocycles. The summed E-state index contributed by atoms with van der Waals surface area (Å²) in [6.45, 7) is 2.59. The van der Waals surface area contributed by atoms with Crippen molar-refractivity contribution in [2.75, 3.05) is 33.6 Å². The Kier molecular flexibility index (Phi) is 6.80. The molecule has 0 radical (unpaired) electrons. The van der Waals surface area contributed by atoms with Crippen LogP contribution < -0.4 is 9.47 Å². The lowest BCUT2D eigenvalue weighted by Crippen LogP contribution is -2.38. The molecule has 1 aliphatic rings.